The summed E-state index contributed by atoms with van der Waals surface area (Å²) in [6, 6.07) is 7.52. The number of benzene rings is 1. The highest BCUT2D eigenvalue weighted by Gasteiger charge is 2.42. The molecule has 5 nitrogen and oxygen atoms in total. The molecule has 128 valence electrons. The summed E-state index contributed by atoms with van der Waals surface area (Å²) in [7, 11) is -3.53. The van der Waals surface area contributed by atoms with Crippen LogP contribution in [0, 0.1) is 12.3 Å². The van der Waals surface area contributed by atoms with Crippen LogP contribution >= 0.6 is 0 Å². The number of rotatable bonds is 2. The normalized spacial score (nSPS) is 25.5. The lowest BCUT2D eigenvalue weighted by Gasteiger charge is -2.39. The monoisotopic (exact) mass is 345 g/mol. The Morgan fingerprint density at radius 1 is 1.29 bits per heavy atom. The third-order valence-corrected chi connectivity index (χ3v) is 7.25. The first-order valence-electron chi connectivity index (χ1n) is 8.57. The Morgan fingerprint density at radius 2 is 2.17 bits per heavy atom. The molecule has 1 aromatic carbocycles. The Balaban J connectivity index is 1.78. The summed E-state index contributed by atoms with van der Waals surface area (Å²) in [5.41, 5.74) is 1.63. The van der Waals surface area contributed by atoms with Gasteiger partial charge in [0.05, 0.1) is 5.52 Å². The fourth-order valence-electron chi connectivity index (χ4n) is 4.15. The van der Waals surface area contributed by atoms with E-state index in [-0.39, 0.29) is 5.41 Å². The smallest absolute Gasteiger partial charge is 0.245 e. The molecular formula is C18H23N3O2S. The van der Waals surface area contributed by atoms with Crippen LogP contribution in [0.4, 0.5) is 0 Å². The first-order chi connectivity index (χ1) is 11.5. The summed E-state index contributed by atoms with van der Waals surface area (Å²) >= 11 is 0. The number of aromatic nitrogens is 1. The molecule has 0 saturated carbocycles. The number of nitrogens with zero attached hydrogens (tertiary/aromatic N) is 2. The number of sulfonamides is 1. The molecule has 1 unspecified atom stereocenters. The van der Waals surface area contributed by atoms with E-state index in [1.54, 1.807) is 16.6 Å². The molecule has 2 saturated heterocycles. The molecule has 0 aliphatic carbocycles. The first-order valence-corrected chi connectivity index (χ1v) is 10.0. The standard InChI is InChI=1S/C18H23N3O2S/c1-14-10-15-4-2-7-20-17(15)16(11-14)24(22,23)21-9-3-5-18(13-21)6-8-19-12-18/h2,4,7,10-11,19H,3,5-6,8-9,12-13H2,1H3. The highest BCUT2D eigenvalue weighted by molar-refractivity contribution is 7.89. The molecule has 2 aliphatic rings. The van der Waals surface area contributed by atoms with Crippen LogP contribution in [0.3, 0.4) is 0 Å². The second-order valence-electron chi connectivity index (χ2n) is 7.21. The molecule has 1 spiro atoms. The lowest BCUT2D eigenvalue weighted by atomic mass is 9.80. The molecule has 6 heteroatoms. The summed E-state index contributed by atoms with van der Waals surface area (Å²) in [5, 5.41) is 4.28. The van der Waals surface area contributed by atoms with Gasteiger partial charge in [0.1, 0.15) is 4.90 Å². The minimum atomic E-state index is -3.53. The molecule has 4 rings (SSSR count). The van der Waals surface area contributed by atoms with Gasteiger partial charge in [-0.2, -0.15) is 4.31 Å². The Hall–Kier alpha value is -1.50. The second kappa shape index (κ2) is 5.79. The summed E-state index contributed by atoms with van der Waals surface area (Å²) in [6.45, 7) is 5.07. The Kier molecular flexibility index (Phi) is 3.86. The Morgan fingerprint density at radius 3 is 2.96 bits per heavy atom. The summed E-state index contributed by atoms with van der Waals surface area (Å²) in [5.74, 6) is 0. The number of hydrogen-bond donors (Lipinski definition) is 1. The number of nitrogens with one attached hydrogen (secondary N) is 1. The number of pyridine rings is 1. The molecule has 1 aromatic heterocycles. The zero-order chi connectivity index (χ0) is 16.8. The summed E-state index contributed by atoms with van der Waals surface area (Å²) in [6.07, 6.45) is 4.76. The fraction of sp³-hybridized carbons (Fsp3) is 0.500. The van der Waals surface area contributed by atoms with Gasteiger partial charge < -0.3 is 5.32 Å². The molecule has 1 atom stereocenters. The molecule has 24 heavy (non-hydrogen) atoms. The maximum atomic E-state index is 13.4. The molecule has 2 aliphatic heterocycles. The predicted octanol–water partition coefficient (Wildman–Crippen LogP) is 2.31. The zero-order valence-corrected chi connectivity index (χ0v) is 14.8. The molecule has 1 N–H and O–H groups in total. The molecule has 0 amide bonds. The van der Waals surface area contributed by atoms with Crippen molar-refractivity contribution in [2.75, 3.05) is 26.2 Å². The van der Waals surface area contributed by atoms with Crippen molar-refractivity contribution in [3.8, 4) is 0 Å². The van der Waals surface area contributed by atoms with Crippen molar-refractivity contribution in [3.63, 3.8) is 0 Å². The van der Waals surface area contributed by atoms with Gasteiger partial charge in [-0.25, -0.2) is 8.42 Å². The molecule has 2 aromatic rings. The van der Waals surface area contributed by atoms with Gasteiger partial charge in [-0.1, -0.05) is 6.07 Å². The topological polar surface area (TPSA) is 62.3 Å². The van der Waals surface area contributed by atoms with Crippen LogP contribution < -0.4 is 5.32 Å². The van der Waals surface area contributed by atoms with Crippen LogP contribution in [-0.4, -0.2) is 43.9 Å². The van der Waals surface area contributed by atoms with Crippen molar-refractivity contribution in [3.05, 3.63) is 36.0 Å². The van der Waals surface area contributed by atoms with E-state index < -0.39 is 10.0 Å². The fourth-order valence-corrected chi connectivity index (χ4v) is 5.99. The van der Waals surface area contributed by atoms with Crippen LogP contribution in [0.5, 0.6) is 0 Å². The predicted molar refractivity (Wildman–Crippen MR) is 94.4 cm³/mol. The van der Waals surface area contributed by atoms with Crippen LogP contribution in [0.25, 0.3) is 10.9 Å². The van der Waals surface area contributed by atoms with Gasteiger partial charge in [0.2, 0.25) is 10.0 Å². The van der Waals surface area contributed by atoms with E-state index in [2.05, 4.69) is 10.3 Å². The summed E-state index contributed by atoms with van der Waals surface area (Å²) < 4.78 is 28.4. The SMILES string of the molecule is Cc1cc(S(=O)(=O)N2CCCC3(CCNC3)C2)c2ncccc2c1. The summed E-state index contributed by atoms with van der Waals surface area (Å²) in [4.78, 5) is 4.70. The average Bonchev–Trinajstić information content (AvgIpc) is 3.01. The van der Waals surface area contributed by atoms with E-state index >= 15 is 0 Å². The molecule has 0 radical (unpaired) electrons. The van der Waals surface area contributed by atoms with Gasteiger partial charge >= 0.3 is 0 Å². The van der Waals surface area contributed by atoms with E-state index in [9.17, 15) is 8.42 Å². The van der Waals surface area contributed by atoms with Crippen LogP contribution in [0.15, 0.2) is 35.4 Å². The third kappa shape index (κ3) is 2.62. The third-order valence-electron chi connectivity index (χ3n) is 5.39. The van der Waals surface area contributed by atoms with Gasteiger partial charge in [0.25, 0.3) is 0 Å². The van der Waals surface area contributed by atoms with Crippen molar-refractivity contribution in [2.45, 2.75) is 31.1 Å². The van der Waals surface area contributed by atoms with Crippen molar-refractivity contribution < 1.29 is 8.42 Å². The number of aryl methyl sites for hydroxylation is 1. The van der Waals surface area contributed by atoms with Gasteiger partial charge in [-0.15, -0.1) is 0 Å². The van der Waals surface area contributed by atoms with Gasteiger partial charge in [-0.05, 0) is 61.9 Å². The molecule has 2 fully saturated rings. The van der Waals surface area contributed by atoms with E-state index in [0.717, 1.165) is 43.3 Å². The minimum absolute atomic E-state index is 0.110. The average molecular weight is 345 g/mol. The van der Waals surface area contributed by atoms with Gasteiger partial charge in [-0.3, -0.25) is 4.98 Å². The first kappa shape index (κ1) is 16.0. The van der Waals surface area contributed by atoms with Gasteiger partial charge in [0.15, 0.2) is 0 Å². The lowest BCUT2D eigenvalue weighted by molar-refractivity contribution is 0.167. The van der Waals surface area contributed by atoms with E-state index in [4.69, 9.17) is 0 Å². The molecule has 3 heterocycles. The quantitative estimate of drug-likeness (QED) is 0.907. The Bertz CT molecular complexity index is 873. The number of fused-ring (bicyclic) bond motifs is 1. The van der Waals surface area contributed by atoms with Crippen molar-refractivity contribution in [1.29, 1.82) is 0 Å². The van der Waals surface area contributed by atoms with Crippen molar-refractivity contribution in [1.82, 2.24) is 14.6 Å². The Labute approximate surface area is 143 Å². The van der Waals surface area contributed by atoms with Crippen LogP contribution in [-0.2, 0) is 10.0 Å². The highest BCUT2D eigenvalue weighted by atomic mass is 32.2. The second-order valence-corrected chi connectivity index (χ2v) is 9.11. The van der Waals surface area contributed by atoms with Crippen molar-refractivity contribution in [2.24, 2.45) is 5.41 Å². The lowest BCUT2D eigenvalue weighted by Crippen LogP contribution is -2.47. The maximum Gasteiger partial charge on any atom is 0.245 e. The van der Waals surface area contributed by atoms with Gasteiger partial charge in [0, 0.05) is 31.2 Å². The van der Waals surface area contributed by atoms with E-state index in [1.165, 1.54) is 0 Å². The minimum Gasteiger partial charge on any atom is -0.316 e. The highest BCUT2D eigenvalue weighted by Crippen LogP contribution is 2.38. The number of piperidine rings is 1. The largest absolute Gasteiger partial charge is 0.316 e. The van der Waals surface area contributed by atoms with Crippen molar-refractivity contribution >= 4 is 20.9 Å². The maximum absolute atomic E-state index is 13.4. The zero-order valence-electron chi connectivity index (χ0n) is 14.0. The van der Waals surface area contributed by atoms with Crippen LogP contribution in [0.1, 0.15) is 24.8 Å². The van der Waals surface area contributed by atoms with E-state index in [1.807, 2.05) is 25.1 Å². The number of hydrogen-bond acceptors (Lipinski definition) is 4. The van der Waals surface area contributed by atoms with Crippen LogP contribution in [0.2, 0.25) is 0 Å². The molecule has 0 bridgehead atoms. The molecular weight excluding hydrogens is 322 g/mol. The van der Waals surface area contributed by atoms with E-state index in [0.29, 0.717) is 23.5 Å².